The summed E-state index contributed by atoms with van der Waals surface area (Å²) in [4.78, 5) is 0. The average Bonchev–Trinajstić information content (AvgIpc) is 2.46. The van der Waals surface area contributed by atoms with Gasteiger partial charge in [-0.25, -0.2) is 0 Å². The number of aliphatic hydroxyl groups excluding tert-OH is 1. The van der Waals surface area contributed by atoms with Gasteiger partial charge in [-0.2, -0.15) is 0 Å². The molecule has 0 spiro atoms. The summed E-state index contributed by atoms with van der Waals surface area (Å²) in [6.07, 6.45) is -0.231. The van der Waals surface area contributed by atoms with Crippen LogP contribution in [0, 0.1) is 0 Å². The summed E-state index contributed by atoms with van der Waals surface area (Å²) < 4.78 is 11.3. The lowest BCUT2D eigenvalue weighted by molar-refractivity contribution is 0.178. The van der Waals surface area contributed by atoms with Gasteiger partial charge in [-0.1, -0.05) is 39.7 Å². The fourth-order valence-corrected chi connectivity index (χ4v) is 2.91. The Morgan fingerprint density at radius 3 is 2.43 bits per heavy atom. The van der Waals surface area contributed by atoms with Crippen molar-refractivity contribution in [3.05, 3.63) is 57.0 Å². The van der Waals surface area contributed by atoms with Gasteiger partial charge in [0.15, 0.2) is 11.5 Å². The summed E-state index contributed by atoms with van der Waals surface area (Å²) in [5, 5.41) is 10.9. The largest absolute Gasteiger partial charge is 0.493 e. The van der Waals surface area contributed by atoms with Crippen LogP contribution < -0.4 is 9.47 Å². The number of rotatable bonds is 5. The molecule has 0 saturated carbocycles. The summed E-state index contributed by atoms with van der Waals surface area (Å²) in [6, 6.07) is 11.0. The Morgan fingerprint density at radius 1 is 1.10 bits per heavy atom. The number of benzene rings is 2. The Bertz CT molecular complexity index is 631. The van der Waals surface area contributed by atoms with Gasteiger partial charge < -0.3 is 14.6 Å². The van der Waals surface area contributed by atoms with Crippen molar-refractivity contribution in [2.45, 2.75) is 12.5 Å². The Balaban J connectivity index is 2.21. The second kappa shape index (κ2) is 7.16. The summed E-state index contributed by atoms with van der Waals surface area (Å²) in [5.41, 5.74) is 1.65. The van der Waals surface area contributed by atoms with E-state index >= 15 is 0 Å². The molecule has 0 radical (unpaired) electrons. The minimum atomic E-state index is -0.677. The molecular weight excluding hydrogens is 356 g/mol. The Labute approximate surface area is 137 Å². The van der Waals surface area contributed by atoms with Crippen LogP contribution in [0.1, 0.15) is 17.2 Å². The highest BCUT2D eigenvalue weighted by Gasteiger charge is 2.14. The SMILES string of the molecule is COc1ccc(CC(O)c2ccc(Br)cc2Cl)cc1OC. The molecule has 0 aliphatic carbocycles. The molecule has 3 nitrogen and oxygen atoms in total. The van der Waals surface area contributed by atoms with Crippen LogP contribution in [0.15, 0.2) is 40.9 Å². The van der Waals surface area contributed by atoms with Crippen LogP contribution in [0.3, 0.4) is 0 Å². The maximum atomic E-state index is 10.4. The van der Waals surface area contributed by atoms with Crippen LogP contribution in [0.5, 0.6) is 11.5 Å². The predicted octanol–water partition coefficient (Wildman–Crippen LogP) is 4.40. The molecule has 21 heavy (non-hydrogen) atoms. The molecular formula is C16H16BrClO3. The van der Waals surface area contributed by atoms with E-state index in [2.05, 4.69) is 15.9 Å². The smallest absolute Gasteiger partial charge is 0.160 e. The van der Waals surface area contributed by atoms with Crippen LogP contribution >= 0.6 is 27.5 Å². The molecule has 0 heterocycles. The molecule has 1 unspecified atom stereocenters. The number of hydrogen-bond donors (Lipinski definition) is 1. The van der Waals surface area contributed by atoms with Gasteiger partial charge in [-0.3, -0.25) is 0 Å². The molecule has 112 valence electrons. The van der Waals surface area contributed by atoms with Gasteiger partial charge in [0.1, 0.15) is 0 Å². The second-order valence-electron chi connectivity index (χ2n) is 4.58. The lowest BCUT2D eigenvalue weighted by Crippen LogP contribution is -2.03. The van der Waals surface area contributed by atoms with E-state index in [0.717, 1.165) is 10.0 Å². The van der Waals surface area contributed by atoms with Gasteiger partial charge in [0.25, 0.3) is 0 Å². The Kier molecular flexibility index (Phi) is 5.51. The van der Waals surface area contributed by atoms with Crippen LogP contribution in [0.4, 0.5) is 0 Å². The number of hydrogen-bond acceptors (Lipinski definition) is 3. The Morgan fingerprint density at radius 2 is 1.81 bits per heavy atom. The van der Waals surface area contributed by atoms with E-state index in [0.29, 0.717) is 28.5 Å². The van der Waals surface area contributed by atoms with Crippen LogP contribution in [0.25, 0.3) is 0 Å². The molecule has 0 fully saturated rings. The zero-order chi connectivity index (χ0) is 15.4. The van der Waals surface area contributed by atoms with Crippen molar-refractivity contribution in [3.8, 4) is 11.5 Å². The van der Waals surface area contributed by atoms with E-state index in [1.165, 1.54) is 0 Å². The Hall–Kier alpha value is -1.23. The minimum absolute atomic E-state index is 0.446. The first-order valence-electron chi connectivity index (χ1n) is 6.39. The maximum absolute atomic E-state index is 10.4. The minimum Gasteiger partial charge on any atom is -0.493 e. The van der Waals surface area contributed by atoms with Crippen LogP contribution in [0.2, 0.25) is 5.02 Å². The first-order valence-corrected chi connectivity index (χ1v) is 7.56. The van der Waals surface area contributed by atoms with E-state index < -0.39 is 6.10 Å². The molecule has 0 aliphatic rings. The third kappa shape index (κ3) is 3.90. The summed E-state index contributed by atoms with van der Waals surface area (Å²) in [7, 11) is 3.18. The van der Waals surface area contributed by atoms with Gasteiger partial charge in [0.2, 0.25) is 0 Å². The highest BCUT2D eigenvalue weighted by Crippen LogP contribution is 2.32. The molecule has 0 amide bonds. The zero-order valence-corrected chi connectivity index (χ0v) is 14.1. The summed E-state index contributed by atoms with van der Waals surface area (Å²) in [5.74, 6) is 1.31. The maximum Gasteiger partial charge on any atom is 0.160 e. The van der Waals surface area contributed by atoms with E-state index in [1.54, 1.807) is 20.3 Å². The molecule has 2 aromatic carbocycles. The van der Waals surface area contributed by atoms with Crippen LogP contribution in [-0.2, 0) is 6.42 Å². The van der Waals surface area contributed by atoms with Crippen molar-refractivity contribution in [2.24, 2.45) is 0 Å². The van der Waals surface area contributed by atoms with Crippen molar-refractivity contribution < 1.29 is 14.6 Å². The van der Waals surface area contributed by atoms with Crippen LogP contribution in [-0.4, -0.2) is 19.3 Å². The number of methoxy groups -OCH3 is 2. The highest BCUT2D eigenvalue weighted by atomic mass is 79.9. The molecule has 5 heteroatoms. The van der Waals surface area contributed by atoms with Gasteiger partial charge in [-0.15, -0.1) is 0 Å². The molecule has 0 aromatic heterocycles. The van der Waals surface area contributed by atoms with Crippen molar-refractivity contribution >= 4 is 27.5 Å². The fourth-order valence-electron chi connectivity index (χ4n) is 2.11. The monoisotopic (exact) mass is 370 g/mol. The predicted molar refractivity (Wildman–Crippen MR) is 87.4 cm³/mol. The standard InChI is InChI=1S/C16H16BrClO3/c1-20-15-6-3-10(8-16(15)21-2)7-14(19)12-5-4-11(17)9-13(12)18/h3-6,8-9,14,19H,7H2,1-2H3. The molecule has 0 bridgehead atoms. The van der Waals surface area contributed by atoms with Crippen molar-refractivity contribution in [1.82, 2.24) is 0 Å². The van der Waals surface area contributed by atoms with E-state index in [1.807, 2.05) is 30.3 Å². The third-order valence-corrected chi connectivity index (χ3v) is 4.02. The average molecular weight is 372 g/mol. The number of ether oxygens (including phenoxy) is 2. The molecule has 1 atom stereocenters. The fraction of sp³-hybridized carbons (Fsp3) is 0.250. The van der Waals surface area contributed by atoms with Crippen molar-refractivity contribution in [3.63, 3.8) is 0 Å². The van der Waals surface area contributed by atoms with Crippen molar-refractivity contribution in [1.29, 1.82) is 0 Å². The molecule has 0 saturated heterocycles. The number of aliphatic hydroxyl groups is 1. The second-order valence-corrected chi connectivity index (χ2v) is 5.90. The third-order valence-electron chi connectivity index (χ3n) is 3.20. The van der Waals surface area contributed by atoms with E-state index in [4.69, 9.17) is 21.1 Å². The topological polar surface area (TPSA) is 38.7 Å². The van der Waals surface area contributed by atoms with E-state index in [9.17, 15) is 5.11 Å². The zero-order valence-electron chi connectivity index (χ0n) is 11.8. The molecule has 2 rings (SSSR count). The molecule has 2 aromatic rings. The summed E-state index contributed by atoms with van der Waals surface area (Å²) >= 11 is 9.51. The lowest BCUT2D eigenvalue weighted by atomic mass is 10.0. The van der Waals surface area contributed by atoms with Crippen molar-refractivity contribution in [2.75, 3.05) is 14.2 Å². The molecule has 1 N–H and O–H groups in total. The van der Waals surface area contributed by atoms with Gasteiger partial charge in [-0.05, 0) is 35.4 Å². The molecule has 0 aliphatic heterocycles. The first-order chi connectivity index (χ1) is 10.0. The van der Waals surface area contributed by atoms with Gasteiger partial charge >= 0.3 is 0 Å². The number of halogens is 2. The van der Waals surface area contributed by atoms with Gasteiger partial charge in [0, 0.05) is 15.9 Å². The summed E-state index contributed by atoms with van der Waals surface area (Å²) in [6.45, 7) is 0. The normalized spacial score (nSPS) is 12.0. The quantitative estimate of drug-likeness (QED) is 0.847. The van der Waals surface area contributed by atoms with Gasteiger partial charge in [0.05, 0.1) is 20.3 Å². The lowest BCUT2D eigenvalue weighted by Gasteiger charge is -2.15. The highest BCUT2D eigenvalue weighted by molar-refractivity contribution is 9.10. The van der Waals surface area contributed by atoms with E-state index in [-0.39, 0.29) is 0 Å². The first kappa shape index (κ1) is 16.1.